The molecule has 0 saturated carbocycles. The number of ether oxygens (including phenoxy) is 2. The number of carbonyl (C=O) groups is 3. The second-order valence-electron chi connectivity index (χ2n) is 5.20. The van der Waals surface area contributed by atoms with Crippen molar-refractivity contribution in [2.24, 2.45) is 0 Å². The van der Waals surface area contributed by atoms with Gasteiger partial charge in [0.15, 0.2) is 5.78 Å². The van der Waals surface area contributed by atoms with E-state index in [1.807, 2.05) is 26.0 Å². The molecule has 0 aromatic carbocycles. The highest BCUT2D eigenvalue weighted by atomic mass is 16.5. The summed E-state index contributed by atoms with van der Waals surface area (Å²) in [4.78, 5) is 33.1. The molecule has 0 aromatic rings. The van der Waals surface area contributed by atoms with Crippen LogP contribution in [0.1, 0.15) is 46.0 Å². The van der Waals surface area contributed by atoms with E-state index >= 15 is 0 Å². The van der Waals surface area contributed by atoms with Crippen molar-refractivity contribution in [1.29, 1.82) is 0 Å². The molecule has 5 nitrogen and oxygen atoms in total. The third kappa shape index (κ3) is 6.88. The molecule has 0 heterocycles. The highest BCUT2D eigenvalue weighted by molar-refractivity contribution is 5.98. The molecule has 1 rings (SSSR count). The van der Waals surface area contributed by atoms with Gasteiger partial charge in [-0.05, 0) is 44.8 Å². The molecular weight excluding hydrogens is 272 g/mol. The van der Waals surface area contributed by atoms with E-state index in [1.165, 1.54) is 0 Å². The zero-order chi connectivity index (χ0) is 15.7. The molecule has 1 atom stereocenters. The highest BCUT2D eigenvalue weighted by Crippen LogP contribution is 2.20. The molecule has 0 fully saturated rings. The number of carbonyl (C=O) groups excluding carboxylic acids is 3. The molecule has 0 aliphatic heterocycles. The van der Waals surface area contributed by atoms with Crippen molar-refractivity contribution in [1.82, 2.24) is 0 Å². The summed E-state index contributed by atoms with van der Waals surface area (Å²) in [6, 6.07) is 0. The van der Waals surface area contributed by atoms with Crippen LogP contribution in [0.4, 0.5) is 0 Å². The Morgan fingerprint density at radius 2 is 2.19 bits per heavy atom. The van der Waals surface area contributed by atoms with Gasteiger partial charge in [0.2, 0.25) is 0 Å². The first-order chi connectivity index (χ1) is 10.0. The van der Waals surface area contributed by atoms with Crippen LogP contribution < -0.4 is 0 Å². The van der Waals surface area contributed by atoms with Gasteiger partial charge in [0.1, 0.15) is 6.10 Å². The Bertz CT molecular complexity index is 434. The maximum atomic E-state index is 11.6. The predicted octanol–water partition coefficient (Wildman–Crippen LogP) is 2.50. The summed E-state index contributed by atoms with van der Waals surface area (Å²) in [6.07, 6.45) is 7.73. The second kappa shape index (κ2) is 9.10. The van der Waals surface area contributed by atoms with Gasteiger partial charge in [-0.25, -0.2) is 0 Å². The van der Waals surface area contributed by atoms with E-state index in [1.54, 1.807) is 6.08 Å². The summed E-state index contributed by atoms with van der Waals surface area (Å²) in [5.41, 5.74) is 0.678. The smallest absolute Gasteiger partial charge is 0.306 e. The number of esters is 1. The van der Waals surface area contributed by atoms with E-state index in [2.05, 4.69) is 0 Å². The zero-order valence-electron chi connectivity index (χ0n) is 12.5. The number of hydrogen-bond acceptors (Lipinski definition) is 5. The molecule has 0 bridgehead atoms. The highest BCUT2D eigenvalue weighted by Gasteiger charge is 2.23. The average molecular weight is 294 g/mol. The SMILES string of the molecule is CC(C)OC(=O)CCCC=CCC1=C[C@H](OC=O)CC1=O. The third-order valence-corrected chi connectivity index (χ3v) is 2.99. The van der Waals surface area contributed by atoms with E-state index in [9.17, 15) is 14.4 Å². The van der Waals surface area contributed by atoms with Crippen LogP contribution in [0.5, 0.6) is 0 Å². The van der Waals surface area contributed by atoms with E-state index < -0.39 is 6.10 Å². The minimum atomic E-state index is -0.413. The van der Waals surface area contributed by atoms with Crippen LogP contribution in [-0.2, 0) is 23.9 Å². The molecule has 0 N–H and O–H groups in total. The van der Waals surface area contributed by atoms with E-state index in [0.717, 1.165) is 12.8 Å². The summed E-state index contributed by atoms with van der Waals surface area (Å²) in [5.74, 6) is -0.159. The van der Waals surface area contributed by atoms with Crippen molar-refractivity contribution in [3.63, 3.8) is 0 Å². The van der Waals surface area contributed by atoms with Crippen molar-refractivity contribution in [2.45, 2.75) is 58.2 Å². The lowest BCUT2D eigenvalue weighted by Gasteiger charge is -2.06. The Kier molecular flexibility index (Phi) is 7.43. The Balaban J connectivity index is 2.20. The number of rotatable bonds is 9. The molecule has 1 aliphatic carbocycles. The fraction of sp³-hybridized carbons (Fsp3) is 0.562. The molecule has 0 amide bonds. The van der Waals surface area contributed by atoms with Crippen molar-refractivity contribution >= 4 is 18.2 Å². The molecule has 116 valence electrons. The monoisotopic (exact) mass is 294 g/mol. The maximum Gasteiger partial charge on any atom is 0.306 e. The topological polar surface area (TPSA) is 69.7 Å². The molecule has 1 aliphatic rings. The van der Waals surface area contributed by atoms with Crippen molar-refractivity contribution in [2.75, 3.05) is 0 Å². The van der Waals surface area contributed by atoms with Crippen LogP contribution in [0.15, 0.2) is 23.8 Å². The van der Waals surface area contributed by atoms with E-state index in [4.69, 9.17) is 9.47 Å². The first-order valence-corrected chi connectivity index (χ1v) is 7.20. The number of allylic oxidation sites excluding steroid dienone is 3. The van der Waals surface area contributed by atoms with Crippen LogP contribution in [0.2, 0.25) is 0 Å². The van der Waals surface area contributed by atoms with E-state index in [0.29, 0.717) is 24.9 Å². The molecular formula is C16H22O5. The van der Waals surface area contributed by atoms with Crippen molar-refractivity contribution in [3.05, 3.63) is 23.8 Å². The summed E-state index contributed by atoms with van der Waals surface area (Å²) >= 11 is 0. The molecule has 0 unspecified atom stereocenters. The molecule has 0 saturated heterocycles. The Labute approximate surface area is 125 Å². The lowest BCUT2D eigenvalue weighted by Crippen LogP contribution is -2.10. The molecule has 0 spiro atoms. The molecule has 21 heavy (non-hydrogen) atoms. The van der Waals surface area contributed by atoms with Gasteiger partial charge in [-0.2, -0.15) is 0 Å². The number of unbranched alkanes of at least 4 members (excludes halogenated alkanes) is 1. The average Bonchev–Trinajstić information content (AvgIpc) is 2.73. The second-order valence-corrected chi connectivity index (χ2v) is 5.20. The largest absolute Gasteiger partial charge is 0.463 e. The maximum absolute atomic E-state index is 11.6. The first-order valence-electron chi connectivity index (χ1n) is 7.20. The normalized spacial score (nSPS) is 18.1. The van der Waals surface area contributed by atoms with Crippen LogP contribution in [0.25, 0.3) is 0 Å². The van der Waals surface area contributed by atoms with Crippen LogP contribution >= 0.6 is 0 Å². The summed E-state index contributed by atoms with van der Waals surface area (Å²) < 4.78 is 9.78. The summed E-state index contributed by atoms with van der Waals surface area (Å²) in [7, 11) is 0. The molecule has 0 radical (unpaired) electrons. The van der Waals surface area contributed by atoms with Gasteiger partial charge in [0.25, 0.3) is 6.47 Å². The van der Waals surface area contributed by atoms with Gasteiger partial charge < -0.3 is 9.47 Å². The minimum absolute atomic E-state index is 0.0204. The zero-order valence-corrected chi connectivity index (χ0v) is 12.5. The van der Waals surface area contributed by atoms with Gasteiger partial charge in [0, 0.05) is 6.42 Å². The fourth-order valence-corrected chi connectivity index (χ4v) is 2.04. The van der Waals surface area contributed by atoms with Gasteiger partial charge >= 0.3 is 5.97 Å². The van der Waals surface area contributed by atoms with Crippen LogP contribution in [0, 0.1) is 0 Å². The Morgan fingerprint density at radius 3 is 2.86 bits per heavy atom. The van der Waals surface area contributed by atoms with Gasteiger partial charge in [0.05, 0.1) is 12.5 Å². The van der Waals surface area contributed by atoms with E-state index in [-0.39, 0.29) is 24.3 Å². The van der Waals surface area contributed by atoms with Gasteiger partial charge in [-0.15, -0.1) is 0 Å². The van der Waals surface area contributed by atoms with Gasteiger partial charge in [-0.3, -0.25) is 14.4 Å². The Hall–Kier alpha value is -1.91. The lowest BCUT2D eigenvalue weighted by molar-refractivity contribution is -0.147. The van der Waals surface area contributed by atoms with Crippen LogP contribution in [-0.4, -0.2) is 30.4 Å². The van der Waals surface area contributed by atoms with Crippen molar-refractivity contribution < 1.29 is 23.9 Å². The standard InChI is InChI=1S/C16H22O5/c1-12(2)21-16(19)8-6-4-3-5-7-13-9-14(20-11-17)10-15(13)18/h3,5,9,11-12,14H,4,6-8,10H2,1-2H3/t14-/m0/s1. The predicted molar refractivity (Wildman–Crippen MR) is 77.5 cm³/mol. The molecule has 5 heteroatoms. The Morgan fingerprint density at radius 1 is 1.43 bits per heavy atom. The fourth-order valence-electron chi connectivity index (χ4n) is 2.04. The lowest BCUT2D eigenvalue weighted by atomic mass is 10.1. The minimum Gasteiger partial charge on any atom is -0.463 e. The summed E-state index contributed by atoms with van der Waals surface area (Å²) in [6.45, 7) is 4.01. The van der Waals surface area contributed by atoms with Gasteiger partial charge in [-0.1, -0.05) is 12.2 Å². The van der Waals surface area contributed by atoms with Crippen molar-refractivity contribution in [3.8, 4) is 0 Å². The van der Waals surface area contributed by atoms with Crippen LogP contribution in [0.3, 0.4) is 0 Å². The number of hydrogen-bond donors (Lipinski definition) is 0. The quantitative estimate of drug-likeness (QED) is 0.283. The third-order valence-electron chi connectivity index (χ3n) is 2.99. The first kappa shape index (κ1) is 17.1. The summed E-state index contributed by atoms with van der Waals surface area (Å²) in [5, 5.41) is 0. The number of Topliss-reactive ketones (excluding diaryl/α,β-unsaturated/α-hetero) is 1. The molecule has 0 aromatic heterocycles. The number of ketones is 1.